The molecule has 3 nitrogen and oxygen atoms in total. The Morgan fingerprint density at radius 3 is 3.13 bits per heavy atom. The van der Waals surface area contributed by atoms with Gasteiger partial charge < -0.3 is 4.98 Å². The van der Waals surface area contributed by atoms with Crippen LogP contribution in [0.3, 0.4) is 0 Å². The molecule has 15 heavy (non-hydrogen) atoms. The van der Waals surface area contributed by atoms with Gasteiger partial charge in [-0.3, -0.25) is 4.79 Å². The summed E-state index contributed by atoms with van der Waals surface area (Å²) in [7, 11) is 0. The van der Waals surface area contributed by atoms with E-state index in [1.54, 1.807) is 0 Å². The maximum Gasteiger partial charge on any atom is 0.258 e. The summed E-state index contributed by atoms with van der Waals surface area (Å²) in [5.41, 5.74) is 1.45. The SMILES string of the molecule is CCc1nc2c(c(=O)[nH]1)C=C(Br)C=CC2. The highest BCUT2D eigenvalue weighted by atomic mass is 79.9. The average Bonchev–Trinajstić information content (AvgIpc) is 2.39. The van der Waals surface area contributed by atoms with E-state index in [4.69, 9.17) is 0 Å². The van der Waals surface area contributed by atoms with Crippen LogP contribution < -0.4 is 5.56 Å². The number of hydrogen-bond donors (Lipinski definition) is 1. The Bertz CT molecular complexity index is 500. The number of fused-ring (bicyclic) bond motifs is 1. The minimum Gasteiger partial charge on any atom is -0.310 e. The first-order valence-electron chi connectivity index (χ1n) is 4.86. The van der Waals surface area contributed by atoms with E-state index in [0.717, 1.165) is 22.4 Å². The smallest absolute Gasteiger partial charge is 0.258 e. The van der Waals surface area contributed by atoms with Crippen LogP contribution in [0.4, 0.5) is 0 Å². The van der Waals surface area contributed by atoms with Crippen molar-refractivity contribution in [3.63, 3.8) is 0 Å². The third kappa shape index (κ3) is 2.09. The van der Waals surface area contributed by atoms with E-state index in [0.29, 0.717) is 12.0 Å². The Hall–Kier alpha value is -1.16. The molecule has 1 aromatic heterocycles. The number of hydrogen-bond acceptors (Lipinski definition) is 2. The molecule has 2 rings (SSSR count). The largest absolute Gasteiger partial charge is 0.310 e. The predicted molar refractivity (Wildman–Crippen MR) is 64.0 cm³/mol. The van der Waals surface area contributed by atoms with E-state index in [9.17, 15) is 4.79 Å². The average molecular weight is 267 g/mol. The number of allylic oxidation sites excluding steroid dienone is 3. The first kappa shape index (κ1) is 10.4. The van der Waals surface area contributed by atoms with E-state index < -0.39 is 0 Å². The third-order valence-corrected chi connectivity index (χ3v) is 2.78. The number of H-pyrrole nitrogens is 1. The van der Waals surface area contributed by atoms with Gasteiger partial charge in [0.2, 0.25) is 0 Å². The van der Waals surface area contributed by atoms with E-state index in [-0.39, 0.29) is 5.56 Å². The molecule has 1 aliphatic rings. The Labute approximate surface area is 96.1 Å². The van der Waals surface area contributed by atoms with Crippen LogP contribution in [0.15, 0.2) is 21.4 Å². The number of aromatic amines is 1. The van der Waals surface area contributed by atoms with Crippen LogP contribution >= 0.6 is 15.9 Å². The van der Waals surface area contributed by atoms with E-state index in [1.807, 2.05) is 25.2 Å². The molecule has 4 heteroatoms. The lowest BCUT2D eigenvalue weighted by Crippen LogP contribution is -2.17. The van der Waals surface area contributed by atoms with Gasteiger partial charge in [0.1, 0.15) is 5.82 Å². The molecule has 0 saturated heterocycles. The molecule has 0 spiro atoms. The summed E-state index contributed by atoms with van der Waals surface area (Å²) < 4.78 is 0.901. The summed E-state index contributed by atoms with van der Waals surface area (Å²) in [6.45, 7) is 1.98. The van der Waals surface area contributed by atoms with Crippen molar-refractivity contribution in [2.45, 2.75) is 19.8 Å². The van der Waals surface area contributed by atoms with Crippen molar-refractivity contribution in [3.05, 3.63) is 44.1 Å². The zero-order valence-electron chi connectivity index (χ0n) is 8.38. The number of nitrogens with one attached hydrogen (secondary N) is 1. The lowest BCUT2D eigenvalue weighted by Gasteiger charge is -2.03. The first-order valence-corrected chi connectivity index (χ1v) is 5.66. The number of aryl methyl sites for hydroxylation is 1. The van der Waals surface area contributed by atoms with Crippen molar-refractivity contribution >= 4 is 22.0 Å². The highest BCUT2D eigenvalue weighted by molar-refractivity contribution is 9.12. The minimum atomic E-state index is -0.0579. The summed E-state index contributed by atoms with van der Waals surface area (Å²) >= 11 is 3.37. The fourth-order valence-electron chi connectivity index (χ4n) is 1.52. The third-order valence-electron chi connectivity index (χ3n) is 2.29. The molecule has 0 unspecified atom stereocenters. The van der Waals surface area contributed by atoms with Crippen molar-refractivity contribution in [1.29, 1.82) is 0 Å². The number of rotatable bonds is 1. The van der Waals surface area contributed by atoms with Gasteiger partial charge in [-0.2, -0.15) is 0 Å². The quantitative estimate of drug-likeness (QED) is 0.847. The molecule has 0 fully saturated rings. The maximum absolute atomic E-state index is 11.8. The van der Waals surface area contributed by atoms with Crippen molar-refractivity contribution in [3.8, 4) is 0 Å². The van der Waals surface area contributed by atoms with Crippen molar-refractivity contribution in [2.75, 3.05) is 0 Å². The van der Waals surface area contributed by atoms with Gasteiger partial charge in [0.15, 0.2) is 0 Å². The van der Waals surface area contributed by atoms with Gasteiger partial charge in [0.25, 0.3) is 5.56 Å². The summed E-state index contributed by atoms with van der Waals surface area (Å²) in [6.07, 6.45) is 7.20. The van der Waals surface area contributed by atoms with Crippen LogP contribution in [0.2, 0.25) is 0 Å². The van der Waals surface area contributed by atoms with Crippen LogP contribution in [0.25, 0.3) is 6.08 Å². The summed E-state index contributed by atoms with van der Waals surface area (Å²) in [5, 5.41) is 0. The monoisotopic (exact) mass is 266 g/mol. The van der Waals surface area contributed by atoms with Crippen molar-refractivity contribution in [2.24, 2.45) is 0 Å². The van der Waals surface area contributed by atoms with Gasteiger partial charge >= 0.3 is 0 Å². The molecular formula is C11H11BrN2O. The number of halogens is 1. The molecular weight excluding hydrogens is 256 g/mol. The Morgan fingerprint density at radius 1 is 1.60 bits per heavy atom. The maximum atomic E-state index is 11.8. The van der Waals surface area contributed by atoms with Gasteiger partial charge in [-0.05, 0) is 6.08 Å². The van der Waals surface area contributed by atoms with Crippen molar-refractivity contribution in [1.82, 2.24) is 9.97 Å². The summed E-state index contributed by atoms with van der Waals surface area (Å²) in [4.78, 5) is 18.9. The zero-order valence-corrected chi connectivity index (χ0v) is 9.97. The molecule has 0 amide bonds. The minimum absolute atomic E-state index is 0.0579. The topological polar surface area (TPSA) is 45.8 Å². The van der Waals surface area contributed by atoms with Crippen LogP contribution in [0.5, 0.6) is 0 Å². The molecule has 1 aromatic rings. The van der Waals surface area contributed by atoms with E-state index in [2.05, 4.69) is 25.9 Å². The van der Waals surface area contributed by atoms with Crippen LogP contribution in [0, 0.1) is 0 Å². The van der Waals surface area contributed by atoms with Gasteiger partial charge in [0, 0.05) is 17.3 Å². The normalized spacial score (nSPS) is 14.4. The molecule has 0 saturated carbocycles. The Kier molecular flexibility index (Phi) is 2.86. The fraction of sp³-hybridized carbons (Fsp3) is 0.273. The lowest BCUT2D eigenvalue weighted by molar-refractivity contribution is 0.881. The van der Waals surface area contributed by atoms with Crippen molar-refractivity contribution < 1.29 is 0 Å². The van der Waals surface area contributed by atoms with Gasteiger partial charge in [-0.1, -0.05) is 35.0 Å². The second-order valence-electron chi connectivity index (χ2n) is 3.36. The Morgan fingerprint density at radius 2 is 2.40 bits per heavy atom. The molecule has 1 heterocycles. The Balaban J connectivity index is 2.64. The number of aromatic nitrogens is 2. The van der Waals surface area contributed by atoms with Gasteiger partial charge in [-0.15, -0.1) is 0 Å². The molecule has 1 aliphatic carbocycles. The molecule has 0 radical (unpaired) electrons. The summed E-state index contributed by atoms with van der Waals surface area (Å²) in [6, 6.07) is 0. The van der Waals surface area contributed by atoms with E-state index >= 15 is 0 Å². The predicted octanol–water partition coefficient (Wildman–Crippen LogP) is 2.18. The van der Waals surface area contributed by atoms with Crippen LogP contribution in [0.1, 0.15) is 24.0 Å². The highest BCUT2D eigenvalue weighted by Gasteiger charge is 2.10. The highest BCUT2D eigenvalue weighted by Crippen LogP contribution is 2.17. The zero-order chi connectivity index (χ0) is 10.8. The number of nitrogens with zero attached hydrogens (tertiary/aromatic N) is 1. The molecule has 1 N–H and O–H groups in total. The molecule has 0 aromatic carbocycles. The second kappa shape index (κ2) is 4.14. The fourth-order valence-corrected chi connectivity index (χ4v) is 1.94. The molecule has 78 valence electrons. The van der Waals surface area contributed by atoms with Crippen LogP contribution in [-0.2, 0) is 12.8 Å². The molecule has 0 aliphatic heterocycles. The van der Waals surface area contributed by atoms with Gasteiger partial charge in [0.05, 0.1) is 11.3 Å². The summed E-state index contributed by atoms with van der Waals surface area (Å²) in [5.74, 6) is 0.749. The standard InChI is InChI=1S/C11H11BrN2O/c1-2-10-13-9-5-3-4-7(12)6-8(9)11(15)14-10/h3-4,6H,2,5H2,1H3,(H,13,14,15). The molecule has 0 bridgehead atoms. The lowest BCUT2D eigenvalue weighted by atomic mass is 10.2. The van der Waals surface area contributed by atoms with Crippen LogP contribution in [-0.4, -0.2) is 9.97 Å². The van der Waals surface area contributed by atoms with E-state index in [1.165, 1.54) is 0 Å². The van der Waals surface area contributed by atoms with Gasteiger partial charge in [-0.25, -0.2) is 4.98 Å². The first-order chi connectivity index (χ1) is 7.20. The second-order valence-corrected chi connectivity index (χ2v) is 4.28. The molecule has 0 atom stereocenters.